The van der Waals surface area contributed by atoms with E-state index in [0.29, 0.717) is 6.04 Å². The Balaban J connectivity index is 1.75. The van der Waals surface area contributed by atoms with E-state index in [-0.39, 0.29) is 0 Å². The second-order valence-corrected chi connectivity index (χ2v) is 6.37. The van der Waals surface area contributed by atoms with E-state index in [1.54, 1.807) is 0 Å². The third-order valence-corrected chi connectivity index (χ3v) is 5.03. The molecule has 1 atom stereocenters. The molecule has 1 aliphatic carbocycles. The van der Waals surface area contributed by atoms with Gasteiger partial charge in [0.05, 0.1) is 0 Å². The lowest BCUT2D eigenvalue weighted by atomic mass is 9.84. The summed E-state index contributed by atoms with van der Waals surface area (Å²) in [6.45, 7) is 0. The molecule has 2 aromatic rings. The Bertz CT molecular complexity index is 567. The summed E-state index contributed by atoms with van der Waals surface area (Å²) in [6, 6.07) is 9.15. The Hall–Kier alpha value is -1.41. The van der Waals surface area contributed by atoms with Crippen LogP contribution in [0.5, 0.6) is 0 Å². The van der Waals surface area contributed by atoms with Gasteiger partial charge in [-0.3, -0.25) is 4.98 Å². The van der Waals surface area contributed by atoms with Gasteiger partial charge >= 0.3 is 0 Å². The summed E-state index contributed by atoms with van der Waals surface area (Å²) in [4.78, 5) is 4.31. The molecule has 0 bridgehead atoms. The molecular formula is C19H26N2. The number of hydrogen-bond acceptors (Lipinski definition) is 2. The molecule has 1 saturated carbocycles. The van der Waals surface area contributed by atoms with Crippen LogP contribution >= 0.6 is 0 Å². The minimum absolute atomic E-state index is 0.444. The van der Waals surface area contributed by atoms with Crippen molar-refractivity contribution in [1.29, 1.82) is 0 Å². The van der Waals surface area contributed by atoms with E-state index in [0.717, 1.165) is 5.92 Å². The molecule has 0 saturated heterocycles. The van der Waals surface area contributed by atoms with Crippen LogP contribution in [0, 0.1) is 5.92 Å². The van der Waals surface area contributed by atoms with Crippen LogP contribution in [0.2, 0.25) is 0 Å². The zero-order chi connectivity index (χ0) is 14.5. The molecule has 0 aliphatic heterocycles. The van der Waals surface area contributed by atoms with Gasteiger partial charge in [0.2, 0.25) is 0 Å². The highest BCUT2D eigenvalue weighted by molar-refractivity contribution is 5.85. The minimum Gasteiger partial charge on any atom is -0.313 e. The zero-order valence-corrected chi connectivity index (χ0v) is 13.0. The SMILES string of the molecule is CNC(CCC1CCCCC1)c1cccc2ccncc12. The van der Waals surface area contributed by atoms with Crippen LogP contribution in [0.4, 0.5) is 0 Å². The van der Waals surface area contributed by atoms with Gasteiger partial charge in [0, 0.05) is 23.8 Å². The Labute approximate surface area is 128 Å². The standard InChI is InChI=1S/C19H26N2/c1-20-19(11-10-15-6-3-2-4-7-15)17-9-5-8-16-12-13-21-14-18(16)17/h5,8-9,12-15,19-20H,2-4,6-7,10-11H2,1H3. The smallest absolute Gasteiger partial charge is 0.0349 e. The normalized spacial score (nSPS) is 18.0. The lowest BCUT2D eigenvalue weighted by molar-refractivity contribution is 0.318. The molecule has 2 nitrogen and oxygen atoms in total. The van der Waals surface area contributed by atoms with Gasteiger partial charge < -0.3 is 5.32 Å². The highest BCUT2D eigenvalue weighted by Crippen LogP contribution is 2.32. The Morgan fingerprint density at radius 2 is 2.05 bits per heavy atom. The second kappa shape index (κ2) is 7.04. The van der Waals surface area contributed by atoms with Crippen molar-refractivity contribution in [1.82, 2.24) is 10.3 Å². The molecular weight excluding hydrogens is 256 g/mol. The molecule has 112 valence electrons. The van der Waals surface area contributed by atoms with E-state index in [1.165, 1.54) is 61.3 Å². The lowest BCUT2D eigenvalue weighted by Crippen LogP contribution is -2.18. The van der Waals surface area contributed by atoms with E-state index in [1.807, 2.05) is 12.4 Å². The van der Waals surface area contributed by atoms with Crippen LogP contribution in [0.15, 0.2) is 36.7 Å². The summed E-state index contributed by atoms with van der Waals surface area (Å²) in [7, 11) is 2.08. The molecule has 1 aromatic carbocycles. The molecule has 1 aliphatic rings. The molecule has 1 aromatic heterocycles. The summed E-state index contributed by atoms with van der Waals surface area (Å²) < 4.78 is 0. The number of nitrogens with one attached hydrogen (secondary N) is 1. The lowest BCUT2D eigenvalue weighted by Gasteiger charge is -2.25. The maximum Gasteiger partial charge on any atom is 0.0349 e. The summed E-state index contributed by atoms with van der Waals surface area (Å²) in [6.07, 6.45) is 13.7. The fourth-order valence-electron chi connectivity index (χ4n) is 3.77. The molecule has 1 heterocycles. The summed E-state index contributed by atoms with van der Waals surface area (Å²) in [5, 5.41) is 6.11. The topological polar surface area (TPSA) is 24.9 Å². The molecule has 21 heavy (non-hydrogen) atoms. The quantitative estimate of drug-likeness (QED) is 0.847. The van der Waals surface area contributed by atoms with Crippen molar-refractivity contribution >= 4 is 10.8 Å². The summed E-state index contributed by atoms with van der Waals surface area (Å²) in [5.74, 6) is 0.947. The molecule has 3 rings (SSSR count). The Morgan fingerprint density at radius 1 is 1.19 bits per heavy atom. The fraction of sp³-hybridized carbons (Fsp3) is 0.526. The van der Waals surface area contributed by atoms with Crippen molar-refractivity contribution in [2.75, 3.05) is 7.05 Å². The first-order valence-electron chi connectivity index (χ1n) is 8.38. The highest BCUT2D eigenvalue weighted by atomic mass is 14.9. The van der Waals surface area contributed by atoms with E-state index in [9.17, 15) is 0 Å². The maximum absolute atomic E-state index is 4.31. The Morgan fingerprint density at radius 3 is 2.86 bits per heavy atom. The minimum atomic E-state index is 0.444. The Kier molecular flexibility index (Phi) is 4.87. The number of benzene rings is 1. The molecule has 0 spiro atoms. The zero-order valence-electron chi connectivity index (χ0n) is 13.0. The van der Waals surface area contributed by atoms with Crippen LogP contribution in [-0.4, -0.2) is 12.0 Å². The first kappa shape index (κ1) is 14.5. The van der Waals surface area contributed by atoms with Crippen LogP contribution in [0.3, 0.4) is 0 Å². The van der Waals surface area contributed by atoms with Crippen molar-refractivity contribution in [3.8, 4) is 0 Å². The van der Waals surface area contributed by atoms with Crippen molar-refractivity contribution < 1.29 is 0 Å². The van der Waals surface area contributed by atoms with E-state index < -0.39 is 0 Å². The summed E-state index contributed by atoms with van der Waals surface area (Å²) in [5.41, 5.74) is 1.40. The fourth-order valence-corrected chi connectivity index (χ4v) is 3.77. The van der Waals surface area contributed by atoms with Gasteiger partial charge in [0.25, 0.3) is 0 Å². The number of rotatable bonds is 5. The van der Waals surface area contributed by atoms with E-state index in [4.69, 9.17) is 0 Å². The number of nitrogens with zero attached hydrogens (tertiary/aromatic N) is 1. The van der Waals surface area contributed by atoms with Gasteiger partial charge in [-0.2, -0.15) is 0 Å². The van der Waals surface area contributed by atoms with Gasteiger partial charge in [-0.05, 0) is 42.8 Å². The van der Waals surface area contributed by atoms with Gasteiger partial charge in [-0.1, -0.05) is 50.3 Å². The van der Waals surface area contributed by atoms with Crippen LogP contribution in [0.1, 0.15) is 56.6 Å². The number of aromatic nitrogens is 1. The first-order valence-corrected chi connectivity index (χ1v) is 8.38. The maximum atomic E-state index is 4.31. The van der Waals surface area contributed by atoms with Gasteiger partial charge in [-0.15, -0.1) is 0 Å². The molecule has 1 N–H and O–H groups in total. The van der Waals surface area contributed by atoms with Crippen molar-refractivity contribution in [3.05, 3.63) is 42.2 Å². The van der Waals surface area contributed by atoms with E-state index in [2.05, 4.69) is 41.6 Å². The predicted octanol–water partition coefficient (Wildman–Crippen LogP) is 4.86. The van der Waals surface area contributed by atoms with Crippen molar-refractivity contribution in [2.45, 2.75) is 51.0 Å². The molecule has 1 unspecified atom stereocenters. The van der Waals surface area contributed by atoms with Crippen LogP contribution < -0.4 is 5.32 Å². The van der Waals surface area contributed by atoms with Crippen molar-refractivity contribution in [3.63, 3.8) is 0 Å². The van der Waals surface area contributed by atoms with Gasteiger partial charge in [0.1, 0.15) is 0 Å². The van der Waals surface area contributed by atoms with Gasteiger partial charge in [-0.25, -0.2) is 0 Å². The largest absolute Gasteiger partial charge is 0.313 e. The van der Waals surface area contributed by atoms with E-state index >= 15 is 0 Å². The first-order chi connectivity index (χ1) is 10.4. The van der Waals surface area contributed by atoms with Gasteiger partial charge in [0.15, 0.2) is 0 Å². The summed E-state index contributed by atoms with van der Waals surface area (Å²) >= 11 is 0. The molecule has 1 fully saturated rings. The number of pyridine rings is 1. The average Bonchev–Trinajstić information content (AvgIpc) is 2.56. The molecule has 0 amide bonds. The third-order valence-electron chi connectivity index (χ3n) is 5.03. The average molecular weight is 282 g/mol. The monoisotopic (exact) mass is 282 g/mol. The van der Waals surface area contributed by atoms with Crippen LogP contribution in [0.25, 0.3) is 10.8 Å². The van der Waals surface area contributed by atoms with Crippen molar-refractivity contribution in [2.24, 2.45) is 5.92 Å². The highest BCUT2D eigenvalue weighted by Gasteiger charge is 2.17. The second-order valence-electron chi connectivity index (χ2n) is 6.37. The third kappa shape index (κ3) is 3.44. The molecule has 2 heteroatoms. The predicted molar refractivity (Wildman–Crippen MR) is 89.4 cm³/mol. The number of hydrogen-bond donors (Lipinski definition) is 1. The number of fused-ring (bicyclic) bond motifs is 1. The van der Waals surface area contributed by atoms with Crippen LogP contribution in [-0.2, 0) is 0 Å². The molecule has 0 radical (unpaired) electrons.